The van der Waals surface area contributed by atoms with Gasteiger partial charge in [-0.15, -0.1) is 4.28 Å². The van der Waals surface area contributed by atoms with E-state index < -0.39 is 45.8 Å². The monoisotopic (exact) mass is 485 g/mol. The summed E-state index contributed by atoms with van der Waals surface area (Å²) in [5, 5.41) is 0.721. The molecule has 0 aromatic heterocycles. The van der Waals surface area contributed by atoms with E-state index in [9.17, 15) is 22.8 Å². The first-order chi connectivity index (χ1) is 15.3. The van der Waals surface area contributed by atoms with Gasteiger partial charge in [0.1, 0.15) is 0 Å². The van der Waals surface area contributed by atoms with Crippen molar-refractivity contribution in [2.75, 3.05) is 20.3 Å². The third kappa shape index (κ3) is 7.98. The first kappa shape index (κ1) is 26.6. The Balaban J connectivity index is 1.95. The second kappa shape index (κ2) is 10.9. The molecule has 1 fully saturated rings. The van der Waals surface area contributed by atoms with Crippen LogP contribution in [0.1, 0.15) is 50.4 Å². The summed E-state index contributed by atoms with van der Waals surface area (Å²) < 4.78 is 40.1. The van der Waals surface area contributed by atoms with Gasteiger partial charge in [0.15, 0.2) is 0 Å². The molecule has 2 N–H and O–H groups in total. The van der Waals surface area contributed by atoms with Crippen LogP contribution in [0.5, 0.6) is 0 Å². The minimum Gasteiger partial charge on any atom is -0.461 e. The summed E-state index contributed by atoms with van der Waals surface area (Å²) in [7, 11) is -3.16. The molecule has 33 heavy (non-hydrogen) atoms. The predicted molar refractivity (Wildman–Crippen MR) is 118 cm³/mol. The summed E-state index contributed by atoms with van der Waals surface area (Å²) in [5.41, 5.74) is 4.75. The van der Waals surface area contributed by atoms with Gasteiger partial charge in [0.05, 0.1) is 24.8 Å². The summed E-state index contributed by atoms with van der Waals surface area (Å²) in [6.07, 6.45) is 0.805. The number of hydrogen-bond donors (Lipinski definition) is 1. The van der Waals surface area contributed by atoms with Crippen LogP contribution in [-0.4, -0.2) is 68.6 Å². The van der Waals surface area contributed by atoms with Crippen LogP contribution in [0, 0.1) is 5.41 Å². The number of carbonyl (C=O) groups excluding carboxylic acids is 3. The molecule has 0 bridgehead atoms. The lowest BCUT2D eigenvalue weighted by Crippen LogP contribution is -2.47. The van der Waals surface area contributed by atoms with Crippen molar-refractivity contribution < 1.29 is 36.0 Å². The van der Waals surface area contributed by atoms with Crippen LogP contribution >= 0.6 is 0 Å². The Morgan fingerprint density at radius 2 is 1.79 bits per heavy atom. The van der Waals surface area contributed by atoms with Gasteiger partial charge in [-0.25, -0.2) is 13.8 Å². The molecule has 2 atom stereocenters. The van der Waals surface area contributed by atoms with E-state index in [0.717, 1.165) is 5.06 Å². The van der Waals surface area contributed by atoms with E-state index in [1.54, 1.807) is 51.1 Å². The molecule has 0 radical (unpaired) electrons. The van der Waals surface area contributed by atoms with Gasteiger partial charge in [0, 0.05) is 24.9 Å². The van der Waals surface area contributed by atoms with Crippen LogP contribution in [0.4, 0.5) is 4.79 Å². The third-order valence-corrected chi connectivity index (χ3v) is 5.91. The van der Waals surface area contributed by atoms with E-state index in [1.165, 1.54) is 11.9 Å². The van der Waals surface area contributed by atoms with Crippen molar-refractivity contribution in [2.45, 2.75) is 52.1 Å². The first-order valence-electron chi connectivity index (χ1n) is 10.5. The molecule has 12 heteroatoms. The molecule has 1 aromatic carbocycles. The van der Waals surface area contributed by atoms with Crippen LogP contribution in [-0.2, 0) is 28.4 Å². The molecule has 184 valence electrons. The van der Waals surface area contributed by atoms with Gasteiger partial charge in [-0.1, -0.05) is 32.0 Å². The zero-order valence-electron chi connectivity index (χ0n) is 19.2. The highest BCUT2D eigenvalue weighted by Gasteiger charge is 2.37. The summed E-state index contributed by atoms with van der Waals surface area (Å²) in [6.45, 7) is 4.48. The number of rotatable bonds is 10. The molecule has 11 nitrogen and oxygen atoms in total. The fraction of sp³-hybridized carbons (Fsp3) is 0.571. The maximum Gasteiger partial charge on any atom is 0.421 e. The number of esters is 1. The van der Waals surface area contributed by atoms with E-state index in [0.29, 0.717) is 18.4 Å². The standard InChI is InChI=1S/C21H31N3O8S/c1-15-10-11-17(12-18(22)25)23(4)20(27)24(15)32-33(28,29)31-14-21(2,3)13-30-19(26)16-8-6-5-7-9-16/h5-9,15,17H,10-14H2,1-4H3,(H2,22,25)/t15-,17?/m0/s1. The molecule has 1 saturated heterocycles. The van der Waals surface area contributed by atoms with Crippen molar-refractivity contribution in [1.82, 2.24) is 9.96 Å². The number of urea groups is 1. The Morgan fingerprint density at radius 3 is 2.39 bits per heavy atom. The summed E-state index contributed by atoms with van der Waals surface area (Å²) >= 11 is 0. The highest BCUT2D eigenvalue weighted by molar-refractivity contribution is 7.81. The van der Waals surface area contributed by atoms with Crippen LogP contribution in [0.3, 0.4) is 0 Å². The van der Waals surface area contributed by atoms with Gasteiger partial charge in [-0.05, 0) is 31.9 Å². The number of hydrogen-bond acceptors (Lipinski definition) is 8. The zero-order valence-corrected chi connectivity index (χ0v) is 20.0. The topological polar surface area (TPSA) is 146 Å². The second-order valence-corrected chi connectivity index (χ2v) is 10.0. The molecule has 1 aliphatic rings. The van der Waals surface area contributed by atoms with Gasteiger partial charge < -0.3 is 15.4 Å². The van der Waals surface area contributed by atoms with Gasteiger partial charge >= 0.3 is 22.4 Å². The van der Waals surface area contributed by atoms with Crippen molar-refractivity contribution in [3.63, 3.8) is 0 Å². The zero-order chi connectivity index (χ0) is 24.8. The Bertz CT molecular complexity index is 952. The largest absolute Gasteiger partial charge is 0.461 e. The average Bonchev–Trinajstić information content (AvgIpc) is 2.84. The van der Waals surface area contributed by atoms with Crippen molar-refractivity contribution in [2.24, 2.45) is 11.1 Å². The number of ether oxygens (including phenoxy) is 1. The number of nitrogens with zero attached hydrogens (tertiary/aromatic N) is 2. The van der Waals surface area contributed by atoms with E-state index in [4.69, 9.17) is 18.9 Å². The predicted octanol–water partition coefficient (Wildman–Crippen LogP) is 1.84. The molecule has 0 aliphatic carbocycles. The summed E-state index contributed by atoms with van der Waals surface area (Å²) in [6, 6.07) is 6.60. The van der Waals surface area contributed by atoms with Crippen molar-refractivity contribution in [3.05, 3.63) is 35.9 Å². The summed E-state index contributed by atoms with van der Waals surface area (Å²) in [5.74, 6) is -1.10. The lowest BCUT2D eigenvalue weighted by Gasteiger charge is -2.30. The fourth-order valence-electron chi connectivity index (χ4n) is 3.13. The van der Waals surface area contributed by atoms with E-state index in [-0.39, 0.29) is 19.6 Å². The fourth-order valence-corrected chi connectivity index (χ4v) is 4.05. The van der Waals surface area contributed by atoms with Crippen LogP contribution in [0.15, 0.2) is 30.3 Å². The van der Waals surface area contributed by atoms with Crippen LogP contribution in [0.2, 0.25) is 0 Å². The average molecular weight is 486 g/mol. The number of primary amides is 1. The number of benzene rings is 1. The Labute approximate surface area is 194 Å². The SMILES string of the molecule is C[C@H]1CCC(CC(N)=O)N(C)C(=O)N1OS(=O)(=O)OCC(C)(C)COC(=O)c1ccccc1. The maximum absolute atomic E-state index is 12.7. The normalized spacial score (nSPS) is 19.8. The Kier molecular flexibility index (Phi) is 8.81. The molecule has 1 unspecified atom stereocenters. The molecular weight excluding hydrogens is 454 g/mol. The molecule has 1 heterocycles. The maximum atomic E-state index is 12.7. The van der Waals surface area contributed by atoms with Crippen molar-refractivity contribution in [3.8, 4) is 0 Å². The highest BCUT2D eigenvalue weighted by Crippen LogP contribution is 2.24. The van der Waals surface area contributed by atoms with Gasteiger partial charge in [-0.3, -0.25) is 4.79 Å². The Hall–Kier alpha value is -2.70. The Morgan fingerprint density at radius 1 is 1.15 bits per heavy atom. The molecule has 0 saturated carbocycles. The van der Waals surface area contributed by atoms with Gasteiger partial charge in [-0.2, -0.15) is 13.5 Å². The molecule has 1 aromatic rings. The number of hydroxylamine groups is 2. The van der Waals surface area contributed by atoms with E-state index in [2.05, 4.69) is 0 Å². The van der Waals surface area contributed by atoms with Crippen molar-refractivity contribution in [1.29, 1.82) is 0 Å². The van der Waals surface area contributed by atoms with Crippen molar-refractivity contribution >= 4 is 28.3 Å². The van der Waals surface area contributed by atoms with E-state index in [1.807, 2.05) is 0 Å². The third-order valence-electron chi connectivity index (χ3n) is 5.16. The van der Waals surface area contributed by atoms with Crippen LogP contribution in [0.25, 0.3) is 0 Å². The number of nitrogens with two attached hydrogens (primary N) is 1. The second-order valence-electron chi connectivity index (χ2n) is 8.82. The lowest BCUT2D eigenvalue weighted by atomic mass is 9.96. The molecule has 2 rings (SSSR count). The smallest absolute Gasteiger partial charge is 0.421 e. The molecular formula is C21H31N3O8S. The molecule has 0 spiro atoms. The lowest BCUT2D eigenvalue weighted by molar-refractivity contribution is -0.119. The molecule has 3 amide bonds. The minimum absolute atomic E-state index is 0.0397. The van der Waals surface area contributed by atoms with Crippen LogP contribution < -0.4 is 5.73 Å². The number of carbonyl (C=O) groups is 3. The quantitative estimate of drug-likeness (QED) is 0.494. The number of amides is 3. The van der Waals surface area contributed by atoms with Gasteiger partial charge in [0.2, 0.25) is 5.91 Å². The summed E-state index contributed by atoms with van der Waals surface area (Å²) in [4.78, 5) is 37.3. The van der Waals surface area contributed by atoms with Gasteiger partial charge in [0.25, 0.3) is 0 Å². The minimum atomic E-state index is -4.60. The van der Waals surface area contributed by atoms with E-state index >= 15 is 0 Å². The molecule has 1 aliphatic heterocycles. The first-order valence-corrected chi connectivity index (χ1v) is 11.8. The highest BCUT2D eigenvalue weighted by atomic mass is 32.3.